The van der Waals surface area contributed by atoms with E-state index >= 15 is 0 Å². The lowest BCUT2D eigenvalue weighted by Crippen LogP contribution is -2.03. The third-order valence-corrected chi connectivity index (χ3v) is 3.71. The van der Waals surface area contributed by atoms with Crippen LogP contribution in [0.2, 0.25) is 0 Å². The van der Waals surface area contributed by atoms with Crippen LogP contribution in [-0.4, -0.2) is 5.78 Å². The van der Waals surface area contributed by atoms with Gasteiger partial charge in [-0.05, 0) is 37.3 Å². The van der Waals surface area contributed by atoms with Crippen molar-refractivity contribution in [2.75, 3.05) is 0 Å². The highest BCUT2D eigenvalue weighted by Gasteiger charge is 2.10. The van der Waals surface area contributed by atoms with Crippen molar-refractivity contribution in [1.82, 2.24) is 0 Å². The van der Waals surface area contributed by atoms with Crippen LogP contribution in [0.25, 0.3) is 0 Å². The number of ether oxygens (including phenoxy) is 1. The van der Waals surface area contributed by atoms with Crippen molar-refractivity contribution in [3.05, 3.63) is 62.3 Å². The fraction of sp³-hybridized carbons (Fsp3) is 0.133. The van der Waals surface area contributed by atoms with E-state index in [0.717, 1.165) is 4.47 Å². The first-order valence-corrected chi connectivity index (χ1v) is 7.43. The number of ketones is 1. The molecule has 0 fully saturated rings. The quantitative estimate of drug-likeness (QED) is 0.663. The second kappa shape index (κ2) is 6.50. The number of halogens is 3. The summed E-state index contributed by atoms with van der Waals surface area (Å²) < 4.78 is 20.7. The van der Waals surface area contributed by atoms with Gasteiger partial charge in [0.2, 0.25) is 0 Å². The van der Waals surface area contributed by atoms with Crippen LogP contribution in [0.4, 0.5) is 4.39 Å². The minimum absolute atomic E-state index is 0.0705. The predicted octanol–water partition coefficient (Wildman–Crippen LogP) is 5.13. The van der Waals surface area contributed by atoms with Gasteiger partial charge in [0.05, 0.1) is 5.56 Å². The van der Waals surface area contributed by atoms with Gasteiger partial charge in [-0.25, -0.2) is 4.39 Å². The Labute approximate surface area is 133 Å². The maximum Gasteiger partial charge on any atom is 0.163 e. The summed E-state index contributed by atoms with van der Waals surface area (Å²) in [7, 11) is 0. The summed E-state index contributed by atoms with van der Waals surface area (Å²) in [5.74, 6) is 0.00135. The zero-order chi connectivity index (χ0) is 14.7. The molecule has 0 heterocycles. The Morgan fingerprint density at radius 1 is 1.15 bits per heavy atom. The normalized spacial score (nSPS) is 10.4. The molecule has 0 bridgehead atoms. The molecule has 0 spiro atoms. The molecule has 2 nitrogen and oxygen atoms in total. The molecule has 5 heteroatoms. The Morgan fingerprint density at radius 3 is 2.45 bits per heavy atom. The molecule has 0 aliphatic heterocycles. The van der Waals surface area contributed by atoms with Crippen LogP contribution in [0.1, 0.15) is 22.8 Å². The van der Waals surface area contributed by atoms with E-state index in [1.54, 1.807) is 30.3 Å². The number of Topliss-reactive ketones (excluding diaryl/α,β-unsaturated/α-hetero) is 1. The van der Waals surface area contributed by atoms with Gasteiger partial charge in [-0.15, -0.1) is 0 Å². The smallest absolute Gasteiger partial charge is 0.163 e. The average molecular weight is 402 g/mol. The summed E-state index contributed by atoms with van der Waals surface area (Å²) in [6.45, 7) is 1.54. The molecule has 0 aliphatic rings. The van der Waals surface area contributed by atoms with Gasteiger partial charge in [-0.3, -0.25) is 4.79 Å². The summed E-state index contributed by atoms with van der Waals surface area (Å²) in [5, 5.41) is 0. The molecule has 0 saturated carbocycles. The Bertz CT molecular complexity index is 656. The van der Waals surface area contributed by atoms with Crippen molar-refractivity contribution in [2.45, 2.75) is 13.5 Å². The van der Waals surface area contributed by atoms with Gasteiger partial charge in [0.25, 0.3) is 0 Å². The predicted molar refractivity (Wildman–Crippen MR) is 82.6 cm³/mol. The summed E-state index contributed by atoms with van der Waals surface area (Å²) in [6.07, 6.45) is 0. The van der Waals surface area contributed by atoms with Gasteiger partial charge in [-0.2, -0.15) is 0 Å². The van der Waals surface area contributed by atoms with Crippen LogP contribution in [0.5, 0.6) is 5.75 Å². The highest BCUT2D eigenvalue weighted by atomic mass is 79.9. The summed E-state index contributed by atoms with van der Waals surface area (Å²) in [5.41, 5.74) is 0.905. The average Bonchev–Trinajstić information content (AvgIpc) is 2.38. The van der Waals surface area contributed by atoms with Gasteiger partial charge in [0, 0.05) is 14.5 Å². The van der Waals surface area contributed by atoms with E-state index in [-0.39, 0.29) is 18.2 Å². The minimum Gasteiger partial charge on any atom is -0.488 e. The van der Waals surface area contributed by atoms with E-state index in [1.807, 2.05) is 0 Å². The van der Waals surface area contributed by atoms with Crippen molar-refractivity contribution in [1.29, 1.82) is 0 Å². The Morgan fingerprint density at radius 2 is 1.80 bits per heavy atom. The molecule has 0 amide bonds. The van der Waals surface area contributed by atoms with E-state index in [2.05, 4.69) is 31.9 Å². The van der Waals surface area contributed by atoms with E-state index in [9.17, 15) is 9.18 Å². The second-order valence-corrected chi connectivity index (χ2v) is 6.05. The van der Waals surface area contributed by atoms with Crippen molar-refractivity contribution in [2.24, 2.45) is 0 Å². The van der Waals surface area contributed by atoms with Gasteiger partial charge < -0.3 is 4.74 Å². The van der Waals surface area contributed by atoms with E-state index in [4.69, 9.17) is 4.74 Å². The van der Waals surface area contributed by atoms with Gasteiger partial charge in [0.1, 0.15) is 18.2 Å². The Balaban J connectivity index is 2.20. The highest BCUT2D eigenvalue weighted by Crippen LogP contribution is 2.25. The maximum atomic E-state index is 13.7. The van der Waals surface area contributed by atoms with Crippen LogP contribution in [0.15, 0.2) is 45.3 Å². The van der Waals surface area contributed by atoms with Crippen molar-refractivity contribution in [3.8, 4) is 5.75 Å². The molecule has 0 aliphatic carbocycles. The molecule has 0 saturated heterocycles. The molecule has 0 atom stereocenters. The zero-order valence-electron chi connectivity index (χ0n) is 10.6. The lowest BCUT2D eigenvalue weighted by Gasteiger charge is -2.11. The first-order chi connectivity index (χ1) is 9.47. The zero-order valence-corrected chi connectivity index (χ0v) is 13.8. The SMILES string of the molecule is CC(=O)c1cc(Br)ccc1OCc1ccc(Br)cc1F. The Kier molecular flexibility index (Phi) is 4.94. The molecule has 0 N–H and O–H groups in total. The third kappa shape index (κ3) is 3.67. The van der Waals surface area contributed by atoms with Gasteiger partial charge in [0.15, 0.2) is 5.78 Å². The summed E-state index contributed by atoms with van der Waals surface area (Å²) >= 11 is 6.51. The number of carbonyl (C=O) groups is 1. The second-order valence-electron chi connectivity index (χ2n) is 4.22. The monoisotopic (exact) mass is 400 g/mol. The third-order valence-electron chi connectivity index (χ3n) is 2.72. The standard InChI is InChI=1S/C15H11Br2FO2/c1-9(19)13-6-11(16)4-5-15(13)20-8-10-2-3-12(17)7-14(10)18/h2-7H,8H2,1H3. The fourth-order valence-electron chi connectivity index (χ4n) is 1.70. The number of benzene rings is 2. The van der Waals surface area contributed by atoms with E-state index in [0.29, 0.717) is 21.3 Å². The first kappa shape index (κ1) is 15.2. The molecule has 2 rings (SSSR count). The fourth-order valence-corrected chi connectivity index (χ4v) is 2.39. The highest BCUT2D eigenvalue weighted by molar-refractivity contribution is 9.10. The lowest BCUT2D eigenvalue weighted by molar-refractivity contribution is 0.101. The van der Waals surface area contributed by atoms with Gasteiger partial charge >= 0.3 is 0 Å². The molecule has 2 aromatic carbocycles. The van der Waals surface area contributed by atoms with Crippen LogP contribution in [-0.2, 0) is 6.61 Å². The molecular weight excluding hydrogens is 391 g/mol. The molecule has 0 radical (unpaired) electrons. The minimum atomic E-state index is -0.346. The number of hydrogen-bond donors (Lipinski definition) is 0. The lowest BCUT2D eigenvalue weighted by atomic mass is 10.1. The van der Waals surface area contributed by atoms with Crippen LogP contribution in [0.3, 0.4) is 0 Å². The van der Waals surface area contributed by atoms with Crippen molar-refractivity contribution < 1.29 is 13.9 Å². The van der Waals surface area contributed by atoms with E-state index < -0.39 is 0 Å². The van der Waals surface area contributed by atoms with Crippen molar-refractivity contribution in [3.63, 3.8) is 0 Å². The molecule has 20 heavy (non-hydrogen) atoms. The van der Waals surface area contributed by atoms with Crippen LogP contribution < -0.4 is 4.74 Å². The Hall–Kier alpha value is -1.20. The van der Waals surface area contributed by atoms with Crippen molar-refractivity contribution >= 4 is 37.6 Å². The van der Waals surface area contributed by atoms with Gasteiger partial charge in [-0.1, -0.05) is 37.9 Å². The van der Waals surface area contributed by atoms with Crippen LogP contribution in [0, 0.1) is 5.82 Å². The first-order valence-electron chi connectivity index (χ1n) is 5.84. The number of hydrogen-bond acceptors (Lipinski definition) is 2. The topological polar surface area (TPSA) is 26.3 Å². The van der Waals surface area contributed by atoms with Crippen LogP contribution >= 0.6 is 31.9 Å². The molecular formula is C15H11Br2FO2. The summed E-state index contributed by atoms with van der Waals surface area (Å²) in [4.78, 5) is 11.6. The molecule has 104 valence electrons. The number of rotatable bonds is 4. The summed E-state index contributed by atoms with van der Waals surface area (Å²) in [6, 6.07) is 9.93. The maximum absolute atomic E-state index is 13.7. The molecule has 2 aromatic rings. The molecule has 0 aromatic heterocycles. The van der Waals surface area contributed by atoms with E-state index in [1.165, 1.54) is 13.0 Å². The molecule has 0 unspecified atom stereocenters. The largest absolute Gasteiger partial charge is 0.488 e. The number of carbonyl (C=O) groups excluding carboxylic acids is 1.